The molecule has 2 aliphatic heterocycles. The van der Waals surface area contributed by atoms with E-state index in [1.807, 2.05) is 18.2 Å². The van der Waals surface area contributed by atoms with Gasteiger partial charge in [-0.2, -0.15) is 0 Å². The fourth-order valence-corrected chi connectivity index (χ4v) is 4.32. The molecular formula is C17H17N5OS. The van der Waals surface area contributed by atoms with Crippen molar-refractivity contribution in [2.45, 2.75) is 5.54 Å². The van der Waals surface area contributed by atoms with Crippen molar-refractivity contribution in [3.8, 4) is 0 Å². The molecule has 1 fully saturated rings. The van der Waals surface area contributed by atoms with Gasteiger partial charge in [0.25, 0.3) is 5.91 Å². The van der Waals surface area contributed by atoms with E-state index < -0.39 is 5.54 Å². The number of nitrogens with zero attached hydrogens (tertiary/aromatic N) is 3. The lowest BCUT2D eigenvalue weighted by Gasteiger charge is -2.34. The number of hydrogen-bond donors (Lipinski definition) is 2. The van der Waals surface area contributed by atoms with Crippen molar-refractivity contribution < 1.29 is 4.79 Å². The summed E-state index contributed by atoms with van der Waals surface area (Å²) in [7, 11) is 0. The molecule has 6 nitrogen and oxygen atoms in total. The normalized spacial score (nSPS) is 25.7. The molecule has 0 saturated carbocycles. The lowest BCUT2D eigenvalue weighted by atomic mass is 9.86. The van der Waals surface area contributed by atoms with E-state index in [-0.39, 0.29) is 5.91 Å². The first-order valence-electron chi connectivity index (χ1n) is 7.84. The van der Waals surface area contributed by atoms with E-state index in [1.165, 1.54) is 0 Å². The van der Waals surface area contributed by atoms with Crippen molar-refractivity contribution in [1.29, 1.82) is 0 Å². The number of fused-ring (bicyclic) bond motifs is 1. The first-order valence-corrected chi connectivity index (χ1v) is 8.83. The van der Waals surface area contributed by atoms with Crippen LogP contribution in [-0.2, 0) is 5.54 Å². The molecular weight excluding hydrogens is 322 g/mol. The van der Waals surface area contributed by atoms with E-state index in [2.05, 4.69) is 20.6 Å². The zero-order valence-electron chi connectivity index (χ0n) is 13.0. The number of aromatic nitrogens is 2. The predicted molar refractivity (Wildman–Crippen MR) is 93.9 cm³/mol. The zero-order valence-corrected chi connectivity index (χ0v) is 13.8. The minimum Gasteiger partial charge on any atom is -0.313 e. The fraction of sp³-hybridized carbons (Fsp3) is 0.294. The van der Waals surface area contributed by atoms with Crippen molar-refractivity contribution in [2.24, 2.45) is 10.9 Å². The van der Waals surface area contributed by atoms with E-state index in [9.17, 15) is 4.79 Å². The minimum atomic E-state index is -0.446. The van der Waals surface area contributed by atoms with Crippen LogP contribution in [0.1, 0.15) is 16.1 Å². The quantitative estimate of drug-likeness (QED) is 0.865. The van der Waals surface area contributed by atoms with Gasteiger partial charge in [0.2, 0.25) is 0 Å². The van der Waals surface area contributed by atoms with Gasteiger partial charge in [0.1, 0.15) is 5.54 Å². The second-order valence-electron chi connectivity index (χ2n) is 5.89. The highest BCUT2D eigenvalue weighted by Gasteiger charge is 2.48. The number of carbonyl (C=O) groups is 1. The molecule has 0 aliphatic carbocycles. The molecule has 3 heterocycles. The molecule has 0 radical (unpaired) electrons. The number of amidine groups is 1. The lowest BCUT2D eigenvalue weighted by molar-refractivity contribution is 0.0977. The van der Waals surface area contributed by atoms with Gasteiger partial charge < -0.3 is 10.6 Å². The molecule has 2 aromatic rings. The number of amides is 1. The van der Waals surface area contributed by atoms with Crippen LogP contribution >= 0.6 is 11.8 Å². The molecule has 1 unspecified atom stereocenters. The summed E-state index contributed by atoms with van der Waals surface area (Å²) in [5.41, 5.74) is 1.03. The van der Waals surface area contributed by atoms with Crippen molar-refractivity contribution in [3.05, 3.63) is 60.2 Å². The van der Waals surface area contributed by atoms with Gasteiger partial charge >= 0.3 is 0 Å². The van der Waals surface area contributed by atoms with Crippen molar-refractivity contribution in [2.75, 3.05) is 18.8 Å². The maximum Gasteiger partial charge on any atom is 0.257 e. The Bertz CT molecular complexity index is 767. The van der Waals surface area contributed by atoms with Crippen LogP contribution < -0.4 is 10.6 Å². The molecule has 4 rings (SSSR count). The third-order valence-corrected chi connectivity index (χ3v) is 5.48. The Hall–Kier alpha value is -2.25. The zero-order chi connectivity index (χ0) is 16.4. The summed E-state index contributed by atoms with van der Waals surface area (Å²) < 4.78 is 0. The van der Waals surface area contributed by atoms with Crippen LogP contribution in [-0.4, -0.2) is 39.9 Å². The first kappa shape index (κ1) is 15.3. The Morgan fingerprint density at radius 3 is 2.96 bits per heavy atom. The minimum absolute atomic E-state index is 0.138. The van der Waals surface area contributed by atoms with Crippen molar-refractivity contribution >= 4 is 22.8 Å². The molecule has 2 N–H and O–H groups in total. The van der Waals surface area contributed by atoms with Gasteiger partial charge in [0.05, 0.1) is 11.9 Å². The number of benzene rings is 1. The third kappa shape index (κ3) is 2.70. The second-order valence-corrected chi connectivity index (χ2v) is 6.90. The molecule has 2 atom stereocenters. The van der Waals surface area contributed by atoms with Crippen LogP contribution in [0.25, 0.3) is 0 Å². The SMILES string of the molecule is O=C(NC1=NC2(c3cnccn3)CNC[C@H]2CS1)c1ccccc1. The van der Waals surface area contributed by atoms with E-state index in [0.29, 0.717) is 23.2 Å². The lowest BCUT2D eigenvalue weighted by Crippen LogP contribution is -2.43. The Morgan fingerprint density at radius 1 is 1.29 bits per heavy atom. The molecule has 1 aromatic carbocycles. The number of carbonyl (C=O) groups excluding carboxylic acids is 1. The Balaban J connectivity index is 1.64. The number of nitrogens with one attached hydrogen (secondary N) is 2. The van der Waals surface area contributed by atoms with E-state index in [4.69, 9.17) is 4.99 Å². The molecule has 1 saturated heterocycles. The molecule has 0 spiro atoms. The van der Waals surface area contributed by atoms with Crippen LogP contribution in [0.5, 0.6) is 0 Å². The topological polar surface area (TPSA) is 79.3 Å². The smallest absolute Gasteiger partial charge is 0.257 e. The molecule has 2 aliphatic rings. The summed E-state index contributed by atoms with van der Waals surface area (Å²) in [6.07, 6.45) is 5.13. The summed E-state index contributed by atoms with van der Waals surface area (Å²) in [4.78, 5) is 26.0. The second kappa shape index (κ2) is 6.33. The predicted octanol–water partition coefficient (Wildman–Crippen LogP) is 1.42. The molecule has 1 amide bonds. The molecule has 0 bridgehead atoms. The maximum absolute atomic E-state index is 12.4. The van der Waals surface area contributed by atoms with Gasteiger partial charge in [-0.3, -0.25) is 14.8 Å². The summed E-state index contributed by atoms with van der Waals surface area (Å²) in [5.74, 6) is 1.09. The molecule has 1 aromatic heterocycles. The van der Waals surface area contributed by atoms with Crippen molar-refractivity contribution in [1.82, 2.24) is 20.6 Å². The van der Waals surface area contributed by atoms with E-state index >= 15 is 0 Å². The molecule has 122 valence electrons. The van der Waals surface area contributed by atoms with Gasteiger partial charge in [-0.15, -0.1) is 0 Å². The van der Waals surface area contributed by atoms with Gasteiger partial charge in [0.15, 0.2) is 5.17 Å². The Morgan fingerprint density at radius 2 is 2.17 bits per heavy atom. The standard InChI is InChI=1S/C17H17N5OS/c23-15(12-4-2-1-3-5-12)21-16-22-17(14-9-18-6-7-20-14)11-19-8-13(17)10-24-16/h1-7,9,13,19H,8,10-11H2,(H,21,22,23)/t13-,17?/m0/s1. The van der Waals surface area contributed by atoms with Gasteiger partial charge in [0, 0.05) is 42.7 Å². The molecule has 24 heavy (non-hydrogen) atoms. The van der Waals surface area contributed by atoms with Crippen LogP contribution in [0.2, 0.25) is 0 Å². The van der Waals surface area contributed by atoms with Crippen molar-refractivity contribution in [3.63, 3.8) is 0 Å². The first-order chi connectivity index (χ1) is 11.8. The van der Waals surface area contributed by atoms with Gasteiger partial charge in [-0.05, 0) is 12.1 Å². The van der Waals surface area contributed by atoms with Crippen LogP contribution in [0.15, 0.2) is 53.9 Å². The highest BCUT2D eigenvalue weighted by Crippen LogP contribution is 2.41. The maximum atomic E-state index is 12.4. The summed E-state index contributed by atoms with van der Waals surface area (Å²) in [6, 6.07) is 9.18. The van der Waals surface area contributed by atoms with E-state index in [1.54, 1.807) is 42.5 Å². The van der Waals surface area contributed by atoms with E-state index in [0.717, 1.165) is 18.0 Å². The Kier molecular flexibility index (Phi) is 4.03. The number of aliphatic imine (C=N–C) groups is 1. The Labute approximate surface area is 144 Å². The fourth-order valence-electron chi connectivity index (χ4n) is 3.17. The highest BCUT2D eigenvalue weighted by molar-refractivity contribution is 8.13. The number of hydrogen-bond acceptors (Lipinski definition) is 6. The van der Waals surface area contributed by atoms with Crippen LogP contribution in [0.4, 0.5) is 0 Å². The van der Waals surface area contributed by atoms with Crippen LogP contribution in [0.3, 0.4) is 0 Å². The average molecular weight is 339 g/mol. The average Bonchev–Trinajstić information content (AvgIpc) is 3.07. The summed E-state index contributed by atoms with van der Waals surface area (Å²) in [6.45, 7) is 1.61. The highest BCUT2D eigenvalue weighted by atomic mass is 32.2. The van der Waals surface area contributed by atoms with Gasteiger partial charge in [-0.1, -0.05) is 30.0 Å². The largest absolute Gasteiger partial charge is 0.313 e. The summed E-state index contributed by atoms with van der Waals surface area (Å²) >= 11 is 1.59. The third-order valence-electron chi connectivity index (χ3n) is 4.45. The van der Waals surface area contributed by atoms with Gasteiger partial charge in [-0.25, -0.2) is 4.99 Å². The number of thioether (sulfide) groups is 1. The number of rotatable bonds is 2. The van der Waals surface area contributed by atoms with Crippen LogP contribution in [0, 0.1) is 5.92 Å². The monoisotopic (exact) mass is 339 g/mol. The summed E-state index contributed by atoms with van der Waals surface area (Å²) in [5, 5.41) is 7.00. The molecule has 7 heteroatoms.